The Morgan fingerprint density at radius 3 is 2.65 bits per heavy atom. The summed E-state index contributed by atoms with van der Waals surface area (Å²) in [5.41, 5.74) is 1.99. The van der Waals surface area contributed by atoms with Gasteiger partial charge in [0.25, 0.3) is 0 Å². The van der Waals surface area contributed by atoms with Crippen LogP contribution in [0, 0.1) is 6.92 Å². The number of carbonyl (C=O) groups excluding carboxylic acids is 1. The highest BCUT2D eigenvalue weighted by molar-refractivity contribution is 7.88. The van der Waals surface area contributed by atoms with E-state index >= 15 is 0 Å². The normalized spacial score (nSPS) is 18.1. The van der Waals surface area contributed by atoms with Crippen LogP contribution in [0.5, 0.6) is 0 Å². The fraction of sp³-hybridized carbons (Fsp3) is 0.529. The van der Waals surface area contributed by atoms with Crippen molar-refractivity contribution in [3.8, 4) is 0 Å². The molecule has 9 heteroatoms. The largest absolute Gasteiger partial charge is 0.480 e. The van der Waals surface area contributed by atoms with E-state index < -0.39 is 28.6 Å². The molecule has 2 rings (SSSR count). The smallest absolute Gasteiger partial charge is 0.318 e. The number of aryl methyl sites for hydroxylation is 1. The lowest BCUT2D eigenvalue weighted by molar-refractivity contribution is -0.140. The van der Waals surface area contributed by atoms with Gasteiger partial charge < -0.3 is 14.7 Å². The van der Waals surface area contributed by atoms with Crippen LogP contribution in [0.1, 0.15) is 11.1 Å². The average Bonchev–Trinajstić information content (AvgIpc) is 2.55. The third kappa shape index (κ3) is 5.79. The van der Waals surface area contributed by atoms with Gasteiger partial charge in [-0.3, -0.25) is 9.59 Å². The van der Waals surface area contributed by atoms with Crippen molar-refractivity contribution in [1.29, 1.82) is 0 Å². The molecule has 1 N–H and O–H groups in total. The molecule has 1 atom stereocenters. The van der Waals surface area contributed by atoms with Crippen LogP contribution in [-0.4, -0.2) is 79.8 Å². The minimum absolute atomic E-state index is 0.0586. The zero-order valence-corrected chi connectivity index (χ0v) is 15.7. The van der Waals surface area contributed by atoms with Gasteiger partial charge in [0.05, 0.1) is 25.4 Å². The number of aliphatic carboxylic acids is 1. The predicted molar refractivity (Wildman–Crippen MR) is 95.3 cm³/mol. The van der Waals surface area contributed by atoms with Crippen molar-refractivity contribution in [3.05, 3.63) is 35.4 Å². The molecule has 1 aliphatic heterocycles. The molecule has 0 spiro atoms. The summed E-state index contributed by atoms with van der Waals surface area (Å²) in [6.45, 7) is 2.17. The van der Waals surface area contributed by atoms with Crippen LogP contribution >= 0.6 is 0 Å². The molecule has 1 heterocycles. The number of hydrogen-bond donors (Lipinski definition) is 1. The summed E-state index contributed by atoms with van der Waals surface area (Å²) in [5.74, 6) is -1.30. The summed E-state index contributed by atoms with van der Waals surface area (Å²) < 4.78 is 29.9. The van der Waals surface area contributed by atoms with Gasteiger partial charge in [-0.1, -0.05) is 24.3 Å². The first-order valence-corrected chi connectivity index (χ1v) is 10.1. The van der Waals surface area contributed by atoms with Crippen LogP contribution in [0.3, 0.4) is 0 Å². The van der Waals surface area contributed by atoms with E-state index in [4.69, 9.17) is 9.84 Å². The van der Waals surface area contributed by atoms with Crippen LogP contribution in [0.2, 0.25) is 0 Å². The summed E-state index contributed by atoms with van der Waals surface area (Å²) in [5, 5.41) is 8.90. The van der Waals surface area contributed by atoms with Crippen molar-refractivity contribution < 1.29 is 27.9 Å². The number of carbonyl (C=O) groups is 2. The maximum atomic E-state index is 12.6. The molecule has 26 heavy (non-hydrogen) atoms. The molecular weight excluding hydrogens is 360 g/mol. The number of morpholine rings is 1. The van der Waals surface area contributed by atoms with Gasteiger partial charge in [0.1, 0.15) is 6.54 Å². The Balaban J connectivity index is 2.00. The minimum atomic E-state index is -3.68. The molecule has 0 aliphatic carbocycles. The Kier molecular flexibility index (Phi) is 6.74. The SMILES string of the molecule is Cc1ccccc1CC(=O)N1CCO[C@H](CN(CC(=O)O)S(C)(=O)=O)C1. The van der Waals surface area contributed by atoms with Gasteiger partial charge in [-0.05, 0) is 18.1 Å². The molecule has 1 aromatic rings. The zero-order chi connectivity index (χ0) is 19.3. The van der Waals surface area contributed by atoms with Gasteiger partial charge in [-0.2, -0.15) is 4.31 Å². The van der Waals surface area contributed by atoms with E-state index in [1.165, 1.54) is 0 Å². The Morgan fingerprint density at radius 2 is 2.04 bits per heavy atom. The third-order valence-electron chi connectivity index (χ3n) is 4.28. The van der Waals surface area contributed by atoms with Gasteiger partial charge in [0.2, 0.25) is 15.9 Å². The highest BCUT2D eigenvalue weighted by atomic mass is 32.2. The molecule has 8 nitrogen and oxygen atoms in total. The Labute approximate surface area is 153 Å². The molecule has 0 radical (unpaired) electrons. The van der Waals surface area contributed by atoms with Crippen LogP contribution < -0.4 is 0 Å². The lowest BCUT2D eigenvalue weighted by Gasteiger charge is -2.35. The van der Waals surface area contributed by atoms with Crippen molar-refractivity contribution in [3.63, 3.8) is 0 Å². The van der Waals surface area contributed by atoms with E-state index in [2.05, 4.69) is 0 Å². The lowest BCUT2D eigenvalue weighted by Crippen LogP contribution is -2.51. The highest BCUT2D eigenvalue weighted by Gasteiger charge is 2.29. The summed E-state index contributed by atoms with van der Waals surface area (Å²) in [4.78, 5) is 25.1. The highest BCUT2D eigenvalue weighted by Crippen LogP contribution is 2.13. The number of carboxylic acid groups (broad SMARTS) is 1. The fourth-order valence-electron chi connectivity index (χ4n) is 2.83. The van der Waals surface area contributed by atoms with E-state index in [1.807, 2.05) is 31.2 Å². The number of amides is 1. The van der Waals surface area contributed by atoms with Crippen molar-refractivity contribution in [2.45, 2.75) is 19.4 Å². The van der Waals surface area contributed by atoms with Crippen LogP contribution in [0.15, 0.2) is 24.3 Å². The van der Waals surface area contributed by atoms with Gasteiger partial charge in [-0.25, -0.2) is 8.42 Å². The first kappa shape index (κ1) is 20.3. The minimum Gasteiger partial charge on any atom is -0.480 e. The first-order chi connectivity index (χ1) is 12.2. The number of ether oxygens (including phenoxy) is 1. The second-order valence-electron chi connectivity index (χ2n) is 6.39. The van der Waals surface area contributed by atoms with E-state index in [-0.39, 0.29) is 32.0 Å². The molecule has 1 fully saturated rings. The molecule has 144 valence electrons. The van der Waals surface area contributed by atoms with Crippen molar-refractivity contribution >= 4 is 21.9 Å². The molecule has 0 bridgehead atoms. The first-order valence-electron chi connectivity index (χ1n) is 8.27. The lowest BCUT2D eigenvalue weighted by atomic mass is 10.1. The van der Waals surface area contributed by atoms with Crippen molar-refractivity contribution in [2.24, 2.45) is 0 Å². The molecule has 1 aromatic carbocycles. The second-order valence-corrected chi connectivity index (χ2v) is 8.37. The van der Waals surface area contributed by atoms with Crippen LogP contribution in [0.4, 0.5) is 0 Å². The average molecular weight is 384 g/mol. The number of hydrogen-bond acceptors (Lipinski definition) is 5. The van der Waals surface area contributed by atoms with Crippen LogP contribution in [-0.2, 0) is 30.8 Å². The molecule has 1 aliphatic rings. The summed E-state index contributed by atoms with van der Waals surface area (Å²) in [7, 11) is -3.68. The number of benzene rings is 1. The predicted octanol–water partition coefficient (Wildman–Crippen LogP) is 0.111. The van der Waals surface area contributed by atoms with Gasteiger partial charge in [0, 0.05) is 19.6 Å². The Morgan fingerprint density at radius 1 is 1.35 bits per heavy atom. The maximum Gasteiger partial charge on any atom is 0.318 e. The third-order valence-corrected chi connectivity index (χ3v) is 5.50. The number of carboxylic acids is 1. The van der Waals surface area contributed by atoms with E-state index in [0.717, 1.165) is 21.7 Å². The van der Waals surface area contributed by atoms with Crippen molar-refractivity contribution in [2.75, 3.05) is 39.0 Å². The van der Waals surface area contributed by atoms with Gasteiger partial charge in [0.15, 0.2) is 0 Å². The molecular formula is C17H24N2O6S. The number of sulfonamides is 1. The van der Waals surface area contributed by atoms with Gasteiger partial charge in [-0.15, -0.1) is 0 Å². The molecule has 0 unspecified atom stereocenters. The fourth-order valence-corrected chi connectivity index (χ4v) is 3.62. The topological polar surface area (TPSA) is 104 Å². The number of nitrogens with zero attached hydrogens (tertiary/aromatic N) is 2. The van der Waals surface area contributed by atoms with E-state index in [1.54, 1.807) is 4.90 Å². The molecule has 0 aromatic heterocycles. The molecule has 1 amide bonds. The Bertz CT molecular complexity index is 764. The quantitative estimate of drug-likeness (QED) is 0.716. The summed E-state index contributed by atoms with van der Waals surface area (Å²) >= 11 is 0. The molecule has 1 saturated heterocycles. The van der Waals surface area contributed by atoms with Crippen molar-refractivity contribution in [1.82, 2.24) is 9.21 Å². The summed E-state index contributed by atoms with van der Waals surface area (Å²) in [6.07, 6.45) is 0.670. The number of rotatable bonds is 7. The standard InChI is InChI=1S/C17H24N2O6S/c1-13-5-3-4-6-14(13)9-16(20)18-7-8-25-15(10-18)11-19(12-17(21)22)26(2,23)24/h3-6,15H,7-12H2,1-2H3,(H,21,22)/t15-/m0/s1. The maximum absolute atomic E-state index is 12.6. The van der Waals surface area contributed by atoms with E-state index in [0.29, 0.717) is 6.54 Å². The molecule has 0 saturated carbocycles. The monoisotopic (exact) mass is 384 g/mol. The Hall–Kier alpha value is -1.97. The van der Waals surface area contributed by atoms with Crippen LogP contribution in [0.25, 0.3) is 0 Å². The van der Waals surface area contributed by atoms with Gasteiger partial charge >= 0.3 is 5.97 Å². The van der Waals surface area contributed by atoms with E-state index in [9.17, 15) is 18.0 Å². The zero-order valence-electron chi connectivity index (χ0n) is 14.9. The second kappa shape index (κ2) is 8.61. The summed E-state index contributed by atoms with van der Waals surface area (Å²) in [6, 6.07) is 7.65.